The molecular formula is C16H14BrClN2O. The van der Waals surface area contributed by atoms with Gasteiger partial charge in [0.25, 0.3) is 0 Å². The second kappa shape index (κ2) is 6.08. The van der Waals surface area contributed by atoms with E-state index < -0.39 is 0 Å². The molecule has 3 rings (SSSR count). The third-order valence-corrected chi connectivity index (χ3v) is 5.00. The van der Waals surface area contributed by atoms with Crippen LogP contribution < -0.4 is 10.6 Å². The molecule has 1 aliphatic rings. The molecule has 5 heteroatoms. The van der Waals surface area contributed by atoms with Crippen molar-refractivity contribution >= 4 is 44.8 Å². The SMILES string of the molecule is O=C(Nc1cccc(Cl)c1Br)C1CNc2ccccc2C1. The Hall–Kier alpha value is -1.52. The molecule has 2 aromatic carbocycles. The minimum atomic E-state index is -0.0919. The van der Waals surface area contributed by atoms with Gasteiger partial charge in [0.2, 0.25) is 5.91 Å². The number of rotatable bonds is 2. The first-order valence-electron chi connectivity index (χ1n) is 6.72. The van der Waals surface area contributed by atoms with Gasteiger partial charge in [-0.05, 0) is 46.1 Å². The van der Waals surface area contributed by atoms with E-state index in [-0.39, 0.29) is 11.8 Å². The molecule has 0 saturated heterocycles. The van der Waals surface area contributed by atoms with Gasteiger partial charge < -0.3 is 10.6 Å². The van der Waals surface area contributed by atoms with Crippen LogP contribution in [0.1, 0.15) is 5.56 Å². The van der Waals surface area contributed by atoms with Crippen LogP contribution in [0.2, 0.25) is 5.02 Å². The standard InChI is InChI=1S/C16H14BrClN2O/c17-15-12(18)5-3-7-14(15)20-16(21)11-8-10-4-1-2-6-13(10)19-9-11/h1-7,11,19H,8-9H2,(H,20,21). The van der Waals surface area contributed by atoms with Gasteiger partial charge in [0.05, 0.1) is 21.1 Å². The second-order valence-corrected chi connectivity index (χ2v) is 6.23. The fourth-order valence-corrected chi connectivity index (χ4v) is 3.00. The van der Waals surface area contributed by atoms with E-state index in [0.29, 0.717) is 21.7 Å². The zero-order chi connectivity index (χ0) is 14.8. The van der Waals surface area contributed by atoms with Gasteiger partial charge in [0.15, 0.2) is 0 Å². The normalized spacial score (nSPS) is 16.8. The van der Waals surface area contributed by atoms with Gasteiger partial charge in [-0.15, -0.1) is 0 Å². The fourth-order valence-electron chi connectivity index (χ4n) is 2.46. The summed E-state index contributed by atoms with van der Waals surface area (Å²) in [5, 5.41) is 6.83. The lowest BCUT2D eigenvalue weighted by molar-refractivity contribution is -0.119. The highest BCUT2D eigenvalue weighted by Crippen LogP contribution is 2.31. The number of carbonyl (C=O) groups is 1. The Balaban J connectivity index is 1.74. The highest BCUT2D eigenvalue weighted by molar-refractivity contribution is 9.10. The molecule has 2 N–H and O–H groups in total. The zero-order valence-corrected chi connectivity index (χ0v) is 13.5. The van der Waals surface area contributed by atoms with Crippen molar-refractivity contribution in [3.05, 3.63) is 57.5 Å². The van der Waals surface area contributed by atoms with E-state index in [1.54, 1.807) is 6.07 Å². The largest absolute Gasteiger partial charge is 0.384 e. The second-order valence-electron chi connectivity index (χ2n) is 5.03. The third-order valence-electron chi connectivity index (χ3n) is 3.60. The number of hydrogen-bond donors (Lipinski definition) is 2. The topological polar surface area (TPSA) is 41.1 Å². The summed E-state index contributed by atoms with van der Waals surface area (Å²) in [6.07, 6.45) is 0.743. The van der Waals surface area contributed by atoms with E-state index in [9.17, 15) is 4.79 Å². The van der Waals surface area contributed by atoms with Crippen molar-refractivity contribution in [1.29, 1.82) is 0 Å². The highest BCUT2D eigenvalue weighted by Gasteiger charge is 2.24. The van der Waals surface area contributed by atoms with Crippen LogP contribution in [0.4, 0.5) is 11.4 Å². The van der Waals surface area contributed by atoms with Crippen LogP contribution in [-0.2, 0) is 11.2 Å². The maximum Gasteiger partial charge on any atom is 0.229 e. The van der Waals surface area contributed by atoms with Crippen molar-refractivity contribution < 1.29 is 4.79 Å². The van der Waals surface area contributed by atoms with Crippen molar-refractivity contribution in [3.63, 3.8) is 0 Å². The summed E-state index contributed by atoms with van der Waals surface area (Å²) < 4.78 is 0.712. The Bertz CT molecular complexity index is 690. The van der Waals surface area contributed by atoms with Crippen LogP contribution in [0, 0.1) is 5.92 Å². The van der Waals surface area contributed by atoms with E-state index in [1.165, 1.54) is 5.56 Å². The van der Waals surface area contributed by atoms with Gasteiger partial charge >= 0.3 is 0 Å². The summed E-state index contributed by atoms with van der Waals surface area (Å²) in [6.45, 7) is 0.640. The number of halogens is 2. The van der Waals surface area contributed by atoms with Crippen molar-refractivity contribution in [3.8, 4) is 0 Å². The molecule has 0 bridgehead atoms. The predicted octanol–water partition coefficient (Wildman–Crippen LogP) is 4.33. The van der Waals surface area contributed by atoms with Crippen LogP contribution in [0.15, 0.2) is 46.9 Å². The average Bonchev–Trinajstić information content (AvgIpc) is 2.51. The van der Waals surface area contributed by atoms with Crippen molar-refractivity contribution in [2.24, 2.45) is 5.92 Å². The molecule has 0 spiro atoms. The van der Waals surface area contributed by atoms with Crippen LogP contribution in [0.25, 0.3) is 0 Å². The van der Waals surface area contributed by atoms with Gasteiger partial charge in [-0.2, -0.15) is 0 Å². The number of anilines is 2. The van der Waals surface area contributed by atoms with Gasteiger partial charge in [-0.3, -0.25) is 4.79 Å². The van der Waals surface area contributed by atoms with Crippen molar-refractivity contribution in [2.45, 2.75) is 6.42 Å². The summed E-state index contributed by atoms with van der Waals surface area (Å²) >= 11 is 9.44. The van der Waals surface area contributed by atoms with Crippen LogP contribution in [0.5, 0.6) is 0 Å². The van der Waals surface area contributed by atoms with Gasteiger partial charge in [0, 0.05) is 12.2 Å². The molecule has 3 nitrogen and oxygen atoms in total. The molecule has 0 saturated carbocycles. The Morgan fingerprint density at radius 3 is 2.90 bits per heavy atom. The molecule has 0 fully saturated rings. The number of benzene rings is 2. The summed E-state index contributed by atoms with van der Waals surface area (Å²) in [7, 11) is 0. The first kappa shape index (κ1) is 14.4. The van der Waals surface area contributed by atoms with Gasteiger partial charge in [-0.25, -0.2) is 0 Å². The highest BCUT2D eigenvalue weighted by atomic mass is 79.9. The van der Waals surface area contributed by atoms with Crippen molar-refractivity contribution in [1.82, 2.24) is 0 Å². The number of amides is 1. The minimum absolute atomic E-state index is 0.0000280. The van der Waals surface area contributed by atoms with Crippen LogP contribution in [0.3, 0.4) is 0 Å². The molecular weight excluding hydrogens is 352 g/mol. The Morgan fingerprint density at radius 1 is 1.24 bits per heavy atom. The van der Waals surface area contributed by atoms with E-state index >= 15 is 0 Å². The lowest BCUT2D eigenvalue weighted by atomic mass is 9.93. The Labute approximate surface area is 136 Å². The summed E-state index contributed by atoms with van der Waals surface area (Å²) in [5.41, 5.74) is 2.99. The van der Waals surface area contributed by atoms with E-state index in [4.69, 9.17) is 11.6 Å². The molecule has 1 heterocycles. The van der Waals surface area contributed by atoms with E-state index in [1.807, 2.05) is 30.3 Å². The molecule has 0 radical (unpaired) electrons. The molecule has 1 unspecified atom stereocenters. The number of fused-ring (bicyclic) bond motifs is 1. The van der Waals surface area contributed by atoms with Crippen LogP contribution in [-0.4, -0.2) is 12.5 Å². The number of nitrogens with one attached hydrogen (secondary N) is 2. The lowest BCUT2D eigenvalue weighted by Gasteiger charge is -2.25. The first-order valence-corrected chi connectivity index (χ1v) is 7.89. The quantitative estimate of drug-likeness (QED) is 0.832. The molecule has 1 amide bonds. The number of para-hydroxylation sites is 1. The van der Waals surface area contributed by atoms with E-state index in [2.05, 4.69) is 32.6 Å². The van der Waals surface area contributed by atoms with E-state index in [0.717, 1.165) is 12.1 Å². The molecule has 2 aromatic rings. The zero-order valence-electron chi connectivity index (χ0n) is 11.2. The molecule has 0 aliphatic carbocycles. The fraction of sp³-hybridized carbons (Fsp3) is 0.188. The number of carbonyl (C=O) groups excluding carboxylic acids is 1. The first-order chi connectivity index (χ1) is 10.1. The predicted molar refractivity (Wildman–Crippen MR) is 89.9 cm³/mol. The molecule has 21 heavy (non-hydrogen) atoms. The molecule has 1 aliphatic heterocycles. The maximum absolute atomic E-state index is 12.4. The average molecular weight is 366 g/mol. The lowest BCUT2D eigenvalue weighted by Crippen LogP contribution is -2.33. The molecule has 0 aromatic heterocycles. The molecule has 108 valence electrons. The summed E-state index contributed by atoms with van der Waals surface area (Å²) in [5.74, 6) is -0.0919. The maximum atomic E-state index is 12.4. The van der Waals surface area contributed by atoms with Gasteiger partial charge in [-0.1, -0.05) is 35.9 Å². The molecule has 1 atom stereocenters. The van der Waals surface area contributed by atoms with Gasteiger partial charge in [0.1, 0.15) is 0 Å². The van der Waals surface area contributed by atoms with Crippen molar-refractivity contribution in [2.75, 3.05) is 17.2 Å². The Morgan fingerprint density at radius 2 is 2.05 bits per heavy atom. The summed E-state index contributed by atoms with van der Waals surface area (Å²) in [4.78, 5) is 12.4. The third kappa shape index (κ3) is 3.06. The Kier molecular flexibility index (Phi) is 4.17. The number of hydrogen-bond acceptors (Lipinski definition) is 2. The smallest absolute Gasteiger partial charge is 0.229 e. The minimum Gasteiger partial charge on any atom is -0.384 e. The summed E-state index contributed by atoms with van der Waals surface area (Å²) in [6, 6.07) is 13.5. The van der Waals surface area contributed by atoms with Crippen LogP contribution >= 0.6 is 27.5 Å². The monoisotopic (exact) mass is 364 g/mol.